The second-order valence-electron chi connectivity index (χ2n) is 8.27. The maximum absolute atomic E-state index is 12.6. The monoisotopic (exact) mass is 506 g/mol. The van der Waals surface area contributed by atoms with E-state index in [1.807, 2.05) is 6.92 Å². The molecule has 3 aromatic heterocycles. The molecule has 0 spiro atoms. The van der Waals surface area contributed by atoms with E-state index in [0.29, 0.717) is 41.8 Å². The molecule has 0 aliphatic carbocycles. The predicted octanol–water partition coefficient (Wildman–Crippen LogP) is 2.73. The maximum atomic E-state index is 12.6. The van der Waals surface area contributed by atoms with Crippen molar-refractivity contribution in [2.24, 2.45) is 0 Å². The number of hydrogen-bond donors (Lipinski definition) is 2. The molecule has 3 aromatic rings. The fourth-order valence-corrected chi connectivity index (χ4v) is 3.84. The van der Waals surface area contributed by atoms with E-state index in [2.05, 4.69) is 35.4 Å². The van der Waals surface area contributed by atoms with Gasteiger partial charge in [0.1, 0.15) is 11.7 Å². The highest BCUT2D eigenvalue weighted by Gasteiger charge is 2.37. The summed E-state index contributed by atoms with van der Waals surface area (Å²) in [6.45, 7) is 4.30. The summed E-state index contributed by atoms with van der Waals surface area (Å²) in [5.41, 5.74) is 2.67. The lowest BCUT2D eigenvalue weighted by molar-refractivity contribution is -0.276. The Hall–Kier alpha value is -3.94. The van der Waals surface area contributed by atoms with Gasteiger partial charge in [-0.15, -0.1) is 13.2 Å². The first-order chi connectivity index (χ1) is 17.0. The van der Waals surface area contributed by atoms with E-state index in [9.17, 15) is 18.0 Å². The number of nitrogens with zero attached hydrogens (tertiary/aromatic N) is 6. The lowest BCUT2D eigenvalue weighted by atomic mass is 10.1. The third-order valence-corrected chi connectivity index (χ3v) is 5.66. The van der Waals surface area contributed by atoms with Gasteiger partial charge >= 0.3 is 6.36 Å². The van der Waals surface area contributed by atoms with E-state index in [0.717, 1.165) is 11.6 Å². The Morgan fingerprint density at radius 1 is 1.22 bits per heavy atom. The predicted molar refractivity (Wildman–Crippen MR) is 124 cm³/mol. The first-order valence-electron chi connectivity index (χ1n) is 10.9. The van der Waals surface area contributed by atoms with Gasteiger partial charge in [-0.05, 0) is 19.4 Å². The van der Waals surface area contributed by atoms with Crippen molar-refractivity contribution in [3.63, 3.8) is 0 Å². The summed E-state index contributed by atoms with van der Waals surface area (Å²) < 4.78 is 47.6. The van der Waals surface area contributed by atoms with E-state index in [1.165, 1.54) is 12.3 Å². The highest BCUT2D eigenvalue weighted by Crippen LogP contribution is 2.33. The van der Waals surface area contributed by atoms with Crippen molar-refractivity contribution in [2.75, 3.05) is 29.7 Å². The smallest absolute Gasteiger partial charge is 0.388 e. The zero-order valence-corrected chi connectivity index (χ0v) is 20.0. The van der Waals surface area contributed by atoms with Gasteiger partial charge in [-0.1, -0.05) is 6.07 Å². The number of ether oxygens (including phenoxy) is 2. The van der Waals surface area contributed by atoms with Gasteiger partial charge in [-0.25, -0.2) is 9.97 Å². The average molecular weight is 506 g/mol. The molecule has 1 amide bonds. The number of likely N-dealkylation sites (N-methyl/N-ethyl adjacent to an activating group) is 1. The zero-order valence-electron chi connectivity index (χ0n) is 20.0. The van der Waals surface area contributed by atoms with Gasteiger partial charge in [-0.3, -0.25) is 9.48 Å². The van der Waals surface area contributed by atoms with Crippen molar-refractivity contribution >= 4 is 23.4 Å². The topological polar surface area (TPSA) is 119 Å². The molecule has 0 bridgehead atoms. The quantitative estimate of drug-likeness (QED) is 0.475. The van der Waals surface area contributed by atoms with Gasteiger partial charge in [0.2, 0.25) is 17.7 Å². The fourth-order valence-electron chi connectivity index (χ4n) is 3.84. The molecule has 0 radical (unpaired) electrons. The van der Waals surface area contributed by atoms with Crippen molar-refractivity contribution in [3.05, 3.63) is 47.5 Å². The minimum Gasteiger partial charge on any atom is -0.388 e. The maximum Gasteiger partial charge on any atom is 0.574 e. The molecule has 11 nitrogen and oxygen atoms in total. The van der Waals surface area contributed by atoms with Crippen LogP contribution < -0.4 is 20.3 Å². The van der Waals surface area contributed by atoms with Crippen LogP contribution in [-0.2, 0) is 22.6 Å². The number of alkyl halides is 3. The van der Waals surface area contributed by atoms with E-state index in [1.54, 1.807) is 43.1 Å². The molecule has 1 unspecified atom stereocenters. The molecule has 14 heteroatoms. The highest BCUT2D eigenvalue weighted by atomic mass is 19.4. The second-order valence-corrected chi connectivity index (χ2v) is 8.27. The van der Waals surface area contributed by atoms with E-state index >= 15 is 0 Å². The molecular weight excluding hydrogens is 481 g/mol. The number of amides is 1. The van der Waals surface area contributed by atoms with Gasteiger partial charge in [0.15, 0.2) is 5.82 Å². The molecule has 2 atom stereocenters. The Balaban J connectivity index is 1.41. The Morgan fingerprint density at radius 2 is 2.00 bits per heavy atom. The van der Waals surface area contributed by atoms with Gasteiger partial charge in [0, 0.05) is 44.7 Å². The van der Waals surface area contributed by atoms with Gasteiger partial charge in [0.05, 0.1) is 24.5 Å². The van der Waals surface area contributed by atoms with Crippen LogP contribution in [0.5, 0.6) is 5.88 Å². The van der Waals surface area contributed by atoms with Crippen LogP contribution in [0.25, 0.3) is 0 Å². The minimum absolute atomic E-state index is 0.183. The van der Waals surface area contributed by atoms with Crippen molar-refractivity contribution < 1.29 is 27.4 Å². The summed E-state index contributed by atoms with van der Waals surface area (Å²) in [7, 11) is 3.34. The molecule has 0 saturated carbocycles. The standard InChI is InChI=1S/C22H25F3N8O3/c1-12-17-19(32(3)18(13(2)35-4)20(34)30-17)31-21(29-12)27-8-15-9-28-33(11-15)10-14-5-6-16(26-7-14)36-22(23,24)25/h5-7,9,11,13,18H,8,10H2,1-4H3,(H,30,34)(H,27,29,31)/t13?,18-/m0/s1. The molecule has 0 fully saturated rings. The number of nitrogens with one attached hydrogen (secondary N) is 2. The molecule has 0 aromatic carbocycles. The molecule has 0 saturated heterocycles. The third kappa shape index (κ3) is 5.64. The van der Waals surface area contributed by atoms with Crippen LogP contribution in [-0.4, -0.2) is 63.3 Å². The van der Waals surface area contributed by atoms with Crippen molar-refractivity contribution in [1.29, 1.82) is 0 Å². The van der Waals surface area contributed by atoms with Gasteiger partial charge in [-0.2, -0.15) is 10.1 Å². The molecule has 1 aliphatic heterocycles. The Kier molecular flexibility index (Phi) is 6.97. The first-order valence-corrected chi connectivity index (χ1v) is 10.9. The lowest BCUT2D eigenvalue weighted by Gasteiger charge is -2.37. The molecule has 192 valence electrons. The molecule has 4 rings (SSSR count). The van der Waals surface area contributed by atoms with Gasteiger partial charge in [0.25, 0.3) is 0 Å². The van der Waals surface area contributed by atoms with E-state index < -0.39 is 18.3 Å². The number of rotatable bonds is 8. The van der Waals surface area contributed by atoms with Crippen LogP contribution in [0, 0.1) is 6.92 Å². The number of hydrogen-bond acceptors (Lipinski definition) is 9. The largest absolute Gasteiger partial charge is 0.574 e. The first kappa shape index (κ1) is 25.2. The molecule has 2 N–H and O–H groups in total. The molecule has 36 heavy (non-hydrogen) atoms. The number of fused-ring (bicyclic) bond motifs is 1. The normalized spacial score (nSPS) is 16.4. The summed E-state index contributed by atoms with van der Waals surface area (Å²) in [6, 6.07) is 2.11. The lowest BCUT2D eigenvalue weighted by Crippen LogP contribution is -2.53. The minimum atomic E-state index is -4.79. The van der Waals surface area contributed by atoms with E-state index in [-0.39, 0.29) is 12.0 Å². The molecular formula is C22H25F3N8O3. The van der Waals surface area contributed by atoms with Crippen molar-refractivity contribution in [3.8, 4) is 5.88 Å². The van der Waals surface area contributed by atoms with Crippen LogP contribution >= 0.6 is 0 Å². The molecule has 1 aliphatic rings. The summed E-state index contributed by atoms with van der Waals surface area (Å²) >= 11 is 0. The van der Waals surface area contributed by atoms with E-state index in [4.69, 9.17) is 4.74 Å². The Morgan fingerprint density at radius 3 is 2.67 bits per heavy atom. The Bertz CT molecular complexity index is 1230. The van der Waals surface area contributed by atoms with Crippen LogP contribution in [0.2, 0.25) is 0 Å². The van der Waals surface area contributed by atoms with Crippen LogP contribution in [0.4, 0.5) is 30.6 Å². The number of halogens is 3. The number of carbonyl (C=O) groups is 1. The average Bonchev–Trinajstić information content (AvgIpc) is 3.26. The summed E-state index contributed by atoms with van der Waals surface area (Å²) in [4.78, 5) is 27.0. The number of aryl methyl sites for hydroxylation is 1. The van der Waals surface area contributed by atoms with Crippen LogP contribution in [0.1, 0.15) is 23.7 Å². The van der Waals surface area contributed by atoms with Crippen molar-refractivity contribution in [1.82, 2.24) is 24.7 Å². The zero-order chi connectivity index (χ0) is 26.0. The summed E-state index contributed by atoms with van der Waals surface area (Å²) in [5.74, 6) is 0.261. The van der Waals surface area contributed by atoms with Crippen molar-refractivity contribution in [2.45, 2.75) is 45.4 Å². The number of aromatic nitrogens is 5. The number of anilines is 3. The van der Waals surface area contributed by atoms with Crippen LogP contribution in [0.3, 0.4) is 0 Å². The number of pyridine rings is 1. The summed E-state index contributed by atoms with van der Waals surface area (Å²) in [6.07, 6.45) is -0.371. The SMILES string of the molecule is COC(C)[C@H]1C(=O)Nc2c(C)nc(NCc3cnn(Cc4ccc(OC(F)(F)F)nc4)c3)nc2N1C. The van der Waals surface area contributed by atoms with Crippen LogP contribution in [0.15, 0.2) is 30.7 Å². The number of methoxy groups -OCH3 is 1. The second kappa shape index (κ2) is 9.97. The number of carbonyl (C=O) groups excluding carboxylic acids is 1. The third-order valence-electron chi connectivity index (χ3n) is 5.66. The highest BCUT2D eigenvalue weighted by molar-refractivity contribution is 6.03. The van der Waals surface area contributed by atoms with Gasteiger partial charge < -0.3 is 25.0 Å². The fraction of sp³-hybridized carbons (Fsp3) is 0.409. The molecule has 4 heterocycles. The Labute approximate surface area is 204 Å². The summed E-state index contributed by atoms with van der Waals surface area (Å²) in [5, 5.41) is 10.3.